The first-order valence-corrected chi connectivity index (χ1v) is 5.36. The minimum atomic E-state index is -0.357. The highest BCUT2D eigenvalue weighted by atomic mass is 79.9. The first-order chi connectivity index (χ1) is 6.56. The van der Waals surface area contributed by atoms with Crippen molar-refractivity contribution in [2.24, 2.45) is 0 Å². The van der Waals surface area contributed by atoms with Crippen molar-refractivity contribution in [2.45, 2.75) is 13.8 Å². The lowest BCUT2D eigenvalue weighted by atomic mass is 10.1. The zero-order valence-corrected chi connectivity index (χ0v) is 10.3. The summed E-state index contributed by atoms with van der Waals surface area (Å²) in [5.74, 6) is -0.357. The Morgan fingerprint density at radius 2 is 2.21 bits per heavy atom. The van der Waals surface area contributed by atoms with Gasteiger partial charge in [-0.05, 0) is 47.5 Å². The molecule has 0 bridgehead atoms. The van der Waals surface area contributed by atoms with E-state index in [1.165, 1.54) is 0 Å². The molecule has 0 aliphatic rings. The number of esters is 1. The SMILES string of the molecule is CCOC(=O)c1cc(C)cc(Cl)c1Br. The monoisotopic (exact) mass is 276 g/mol. The zero-order valence-electron chi connectivity index (χ0n) is 7.93. The molecule has 0 heterocycles. The van der Waals surface area contributed by atoms with Gasteiger partial charge in [0, 0.05) is 0 Å². The second-order valence-corrected chi connectivity index (χ2v) is 4.03. The summed E-state index contributed by atoms with van der Waals surface area (Å²) < 4.78 is 5.48. The van der Waals surface area contributed by atoms with E-state index in [1.54, 1.807) is 19.1 Å². The van der Waals surface area contributed by atoms with Crippen LogP contribution in [0, 0.1) is 6.92 Å². The minimum absolute atomic E-state index is 0.357. The van der Waals surface area contributed by atoms with Crippen LogP contribution < -0.4 is 0 Å². The van der Waals surface area contributed by atoms with Gasteiger partial charge in [-0.2, -0.15) is 0 Å². The summed E-state index contributed by atoms with van der Waals surface area (Å²) in [4.78, 5) is 11.5. The highest BCUT2D eigenvalue weighted by molar-refractivity contribution is 9.10. The van der Waals surface area contributed by atoms with Gasteiger partial charge in [-0.25, -0.2) is 4.79 Å². The summed E-state index contributed by atoms with van der Waals surface area (Å²) in [6, 6.07) is 3.53. The number of carbonyl (C=O) groups is 1. The first kappa shape index (κ1) is 11.5. The lowest BCUT2D eigenvalue weighted by Gasteiger charge is -2.06. The molecule has 0 aliphatic heterocycles. The Kier molecular flexibility index (Phi) is 3.96. The Balaban J connectivity index is 3.13. The molecule has 14 heavy (non-hydrogen) atoms. The third-order valence-corrected chi connectivity index (χ3v) is 3.05. The van der Waals surface area contributed by atoms with E-state index in [9.17, 15) is 4.79 Å². The van der Waals surface area contributed by atoms with Crippen molar-refractivity contribution in [3.63, 3.8) is 0 Å². The van der Waals surface area contributed by atoms with Gasteiger partial charge in [0.05, 0.1) is 21.7 Å². The molecule has 2 nitrogen and oxygen atoms in total. The van der Waals surface area contributed by atoms with Crippen LogP contribution in [-0.4, -0.2) is 12.6 Å². The van der Waals surface area contributed by atoms with Crippen molar-refractivity contribution in [1.29, 1.82) is 0 Å². The van der Waals surface area contributed by atoms with Gasteiger partial charge in [0.15, 0.2) is 0 Å². The Hall–Kier alpha value is -0.540. The third kappa shape index (κ3) is 2.49. The Bertz CT molecular complexity index is 363. The largest absolute Gasteiger partial charge is 0.462 e. The second-order valence-electron chi connectivity index (χ2n) is 2.83. The van der Waals surface area contributed by atoms with Gasteiger partial charge in [0.25, 0.3) is 0 Å². The number of rotatable bonds is 2. The van der Waals surface area contributed by atoms with Gasteiger partial charge in [-0.3, -0.25) is 0 Å². The predicted molar refractivity (Wildman–Crippen MR) is 59.8 cm³/mol. The van der Waals surface area contributed by atoms with Crippen LogP contribution in [0.25, 0.3) is 0 Å². The molecule has 0 saturated carbocycles. The van der Waals surface area contributed by atoms with Crippen LogP contribution in [0.2, 0.25) is 5.02 Å². The van der Waals surface area contributed by atoms with Crippen LogP contribution in [0.15, 0.2) is 16.6 Å². The van der Waals surface area contributed by atoms with Crippen LogP contribution >= 0.6 is 27.5 Å². The minimum Gasteiger partial charge on any atom is -0.462 e. The van der Waals surface area contributed by atoms with Gasteiger partial charge in [-0.1, -0.05) is 11.6 Å². The van der Waals surface area contributed by atoms with E-state index in [2.05, 4.69) is 15.9 Å². The number of aryl methyl sites for hydroxylation is 1. The van der Waals surface area contributed by atoms with Gasteiger partial charge in [0.1, 0.15) is 0 Å². The van der Waals surface area contributed by atoms with Crippen molar-refractivity contribution >= 4 is 33.5 Å². The molecule has 0 amide bonds. The maximum absolute atomic E-state index is 11.5. The first-order valence-electron chi connectivity index (χ1n) is 4.19. The van der Waals surface area contributed by atoms with Crippen molar-refractivity contribution < 1.29 is 9.53 Å². The topological polar surface area (TPSA) is 26.3 Å². The molecule has 0 spiro atoms. The molecule has 0 fully saturated rings. The highest BCUT2D eigenvalue weighted by Gasteiger charge is 2.13. The van der Waals surface area contributed by atoms with E-state index in [0.29, 0.717) is 21.7 Å². The number of halogens is 2. The molecule has 0 unspecified atom stereocenters. The maximum Gasteiger partial charge on any atom is 0.339 e. The summed E-state index contributed by atoms with van der Waals surface area (Å²) in [6.07, 6.45) is 0. The van der Waals surface area contributed by atoms with Gasteiger partial charge < -0.3 is 4.74 Å². The van der Waals surface area contributed by atoms with Crippen molar-refractivity contribution in [2.75, 3.05) is 6.61 Å². The average Bonchev–Trinajstić information content (AvgIpc) is 2.11. The summed E-state index contributed by atoms with van der Waals surface area (Å²) in [5, 5.41) is 0.521. The number of carbonyl (C=O) groups excluding carboxylic acids is 1. The number of ether oxygens (including phenoxy) is 1. The molecule has 76 valence electrons. The maximum atomic E-state index is 11.5. The van der Waals surface area contributed by atoms with Crippen molar-refractivity contribution in [3.05, 3.63) is 32.8 Å². The summed E-state index contributed by atoms with van der Waals surface area (Å²) in [6.45, 7) is 4.00. The Morgan fingerprint density at radius 3 is 2.79 bits per heavy atom. The molecule has 1 aromatic carbocycles. The van der Waals surface area contributed by atoms with Gasteiger partial charge in [-0.15, -0.1) is 0 Å². The summed E-state index contributed by atoms with van der Waals surface area (Å²) in [7, 11) is 0. The van der Waals surface area contributed by atoms with Crippen LogP contribution in [0.5, 0.6) is 0 Å². The fraction of sp³-hybridized carbons (Fsp3) is 0.300. The van der Waals surface area contributed by atoms with E-state index in [4.69, 9.17) is 16.3 Å². The van der Waals surface area contributed by atoms with E-state index in [-0.39, 0.29) is 5.97 Å². The Labute approximate surface area is 96.3 Å². The predicted octanol–water partition coefficient (Wildman–Crippen LogP) is 3.59. The number of hydrogen-bond acceptors (Lipinski definition) is 2. The lowest BCUT2D eigenvalue weighted by molar-refractivity contribution is 0.0525. The molecular weight excluding hydrogens is 267 g/mol. The standard InChI is InChI=1S/C10H10BrClO2/c1-3-14-10(13)7-4-6(2)5-8(12)9(7)11/h4-5H,3H2,1-2H3. The smallest absolute Gasteiger partial charge is 0.339 e. The molecule has 0 aromatic heterocycles. The Morgan fingerprint density at radius 1 is 1.57 bits per heavy atom. The van der Waals surface area contributed by atoms with Crippen LogP contribution in [0.3, 0.4) is 0 Å². The van der Waals surface area contributed by atoms with E-state index >= 15 is 0 Å². The quantitative estimate of drug-likeness (QED) is 0.772. The lowest BCUT2D eigenvalue weighted by Crippen LogP contribution is -2.06. The molecule has 1 rings (SSSR count). The molecule has 4 heteroatoms. The summed E-state index contributed by atoms with van der Waals surface area (Å²) in [5.41, 5.74) is 1.40. The van der Waals surface area contributed by atoms with Crippen molar-refractivity contribution in [3.8, 4) is 0 Å². The molecule has 0 aliphatic carbocycles. The van der Waals surface area contributed by atoms with Crippen LogP contribution in [0.4, 0.5) is 0 Å². The molecule has 0 saturated heterocycles. The van der Waals surface area contributed by atoms with Gasteiger partial charge >= 0.3 is 5.97 Å². The fourth-order valence-corrected chi connectivity index (χ4v) is 1.75. The van der Waals surface area contributed by atoms with Gasteiger partial charge in [0.2, 0.25) is 0 Å². The third-order valence-electron chi connectivity index (χ3n) is 1.67. The zero-order chi connectivity index (χ0) is 10.7. The fourth-order valence-electron chi connectivity index (χ4n) is 1.08. The molecule has 0 atom stereocenters. The van der Waals surface area contributed by atoms with Crippen molar-refractivity contribution in [1.82, 2.24) is 0 Å². The average molecular weight is 278 g/mol. The number of hydrogen-bond donors (Lipinski definition) is 0. The van der Waals surface area contributed by atoms with E-state index in [0.717, 1.165) is 5.56 Å². The van der Waals surface area contributed by atoms with Crippen LogP contribution in [-0.2, 0) is 4.74 Å². The highest BCUT2D eigenvalue weighted by Crippen LogP contribution is 2.28. The number of benzene rings is 1. The summed E-state index contributed by atoms with van der Waals surface area (Å²) >= 11 is 9.16. The molecular formula is C10H10BrClO2. The van der Waals surface area contributed by atoms with E-state index < -0.39 is 0 Å². The van der Waals surface area contributed by atoms with E-state index in [1.807, 2.05) is 6.92 Å². The normalized spacial score (nSPS) is 10.0. The van der Waals surface area contributed by atoms with Crippen LogP contribution in [0.1, 0.15) is 22.8 Å². The molecule has 0 radical (unpaired) electrons. The molecule has 1 aromatic rings. The second kappa shape index (κ2) is 4.80. The molecule has 0 N–H and O–H groups in total.